The minimum Gasteiger partial charge on any atom is -0.413 e. The van der Waals surface area contributed by atoms with E-state index in [1.165, 1.54) is 44.9 Å². The van der Waals surface area contributed by atoms with Crippen LogP contribution in [-0.2, 0) is 9.09 Å². The highest BCUT2D eigenvalue weighted by atomic mass is 31.2. The highest BCUT2D eigenvalue weighted by molar-refractivity contribution is 7.46. The Morgan fingerprint density at radius 3 is 1.75 bits per heavy atom. The summed E-state index contributed by atoms with van der Waals surface area (Å²) in [5, 5.41) is 26.9. The maximum atomic E-state index is 10.2. The van der Waals surface area contributed by atoms with Gasteiger partial charge in [-0.05, 0) is 39.7 Å². The quantitative estimate of drug-likeness (QED) is 0.162. The van der Waals surface area contributed by atoms with E-state index >= 15 is 0 Å². The first-order valence-electron chi connectivity index (χ1n) is 8.23. The Labute approximate surface area is 145 Å². The largest absolute Gasteiger partial charge is 0.524 e. The molecule has 0 aliphatic carbocycles. The summed E-state index contributed by atoms with van der Waals surface area (Å²) in [6.45, 7) is 6.62. The molecule has 0 rings (SSSR count). The Bertz CT molecular complexity index is 337. The number of hydrogen-bond acceptors (Lipinski definition) is 6. The van der Waals surface area contributed by atoms with E-state index in [9.17, 15) is 4.57 Å². The molecule has 0 bridgehead atoms. The lowest BCUT2D eigenvalue weighted by molar-refractivity contribution is -0.159. The second-order valence-electron chi connectivity index (χ2n) is 5.51. The number of hydrogen-bond donors (Lipinski definition) is 5. The standard InChI is InChI=1S/C9H19O4P.C6H15NO3/c1-2-3-4-5-6-7-8-9-13-14(10,11)12;1-4(8)7(5(2)9)6(3)10/h8-9H,2-7H2,1H3,(H2,10,11,12);4-6,8-10H,1-3H3. The van der Waals surface area contributed by atoms with Crippen LogP contribution in [-0.4, -0.2) is 48.7 Å². The predicted molar refractivity (Wildman–Crippen MR) is 92.5 cm³/mol. The Kier molecular flexibility index (Phi) is 15.9. The lowest BCUT2D eigenvalue weighted by Gasteiger charge is -2.30. The third-order valence-corrected chi connectivity index (χ3v) is 3.46. The smallest absolute Gasteiger partial charge is 0.413 e. The summed E-state index contributed by atoms with van der Waals surface area (Å²) in [6, 6.07) is 0. The average molecular weight is 371 g/mol. The van der Waals surface area contributed by atoms with Gasteiger partial charge < -0.3 is 19.8 Å². The van der Waals surface area contributed by atoms with Gasteiger partial charge in [0.15, 0.2) is 0 Å². The van der Waals surface area contributed by atoms with Gasteiger partial charge >= 0.3 is 7.82 Å². The second-order valence-corrected chi connectivity index (χ2v) is 6.71. The third kappa shape index (κ3) is 17.9. The molecule has 0 aliphatic rings. The highest BCUT2D eigenvalue weighted by Gasteiger charge is 2.20. The monoisotopic (exact) mass is 371 g/mol. The van der Waals surface area contributed by atoms with E-state index in [2.05, 4.69) is 11.4 Å². The molecule has 3 unspecified atom stereocenters. The van der Waals surface area contributed by atoms with Crippen molar-refractivity contribution in [3.63, 3.8) is 0 Å². The zero-order valence-electron chi connectivity index (χ0n) is 15.1. The van der Waals surface area contributed by atoms with Crippen LogP contribution in [0.15, 0.2) is 12.3 Å². The fourth-order valence-electron chi connectivity index (χ4n) is 1.99. The van der Waals surface area contributed by atoms with Crippen molar-refractivity contribution in [2.24, 2.45) is 0 Å². The summed E-state index contributed by atoms with van der Waals surface area (Å²) in [5.41, 5.74) is 0. The third-order valence-electron chi connectivity index (χ3n) is 3.06. The molecule has 0 radical (unpaired) electrons. The van der Waals surface area contributed by atoms with Crippen LogP contribution in [0, 0.1) is 0 Å². The number of phosphoric ester groups is 1. The first kappa shape index (κ1) is 25.8. The highest BCUT2D eigenvalue weighted by Crippen LogP contribution is 2.35. The van der Waals surface area contributed by atoms with Gasteiger partial charge in [-0.15, -0.1) is 0 Å². The van der Waals surface area contributed by atoms with Crippen molar-refractivity contribution >= 4 is 7.82 Å². The van der Waals surface area contributed by atoms with Gasteiger partial charge in [-0.1, -0.05) is 32.6 Å². The van der Waals surface area contributed by atoms with Crippen LogP contribution in [0.5, 0.6) is 0 Å². The molecule has 0 spiro atoms. The van der Waals surface area contributed by atoms with Crippen molar-refractivity contribution in [3.8, 4) is 0 Å². The molecule has 0 aromatic carbocycles. The lowest BCUT2D eigenvalue weighted by atomic mass is 10.1. The molecule has 0 saturated carbocycles. The van der Waals surface area contributed by atoms with Gasteiger partial charge in [-0.3, -0.25) is 9.79 Å². The van der Waals surface area contributed by atoms with E-state index < -0.39 is 26.5 Å². The normalized spacial score (nSPS) is 15.8. The Hall–Kier alpha value is -0.470. The second kappa shape index (κ2) is 14.8. The van der Waals surface area contributed by atoms with Gasteiger partial charge in [-0.2, -0.15) is 0 Å². The van der Waals surface area contributed by atoms with Crippen molar-refractivity contribution in [2.75, 3.05) is 0 Å². The number of unbranched alkanes of at least 4 members (excludes halogenated alkanes) is 5. The van der Waals surface area contributed by atoms with Crippen LogP contribution >= 0.6 is 7.82 Å². The molecular weight excluding hydrogens is 337 g/mol. The SMILES string of the molecule is CC(O)N(C(C)O)C(C)O.CCCCCCCC=COP(=O)(O)O. The average Bonchev–Trinajstić information content (AvgIpc) is 2.39. The molecule has 0 aliphatic heterocycles. The van der Waals surface area contributed by atoms with E-state index in [0.717, 1.165) is 25.5 Å². The van der Waals surface area contributed by atoms with Crippen molar-refractivity contribution in [2.45, 2.75) is 84.9 Å². The van der Waals surface area contributed by atoms with Crippen molar-refractivity contribution < 1.29 is 34.2 Å². The number of rotatable bonds is 11. The number of nitrogens with zero attached hydrogens (tertiary/aromatic N) is 1. The van der Waals surface area contributed by atoms with E-state index in [1.807, 2.05) is 0 Å². The van der Waals surface area contributed by atoms with Crippen LogP contribution in [0.25, 0.3) is 0 Å². The minimum atomic E-state index is -4.32. The van der Waals surface area contributed by atoms with Gasteiger partial charge in [0, 0.05) is 0 Å². The van der Waals surface area contributed by atoms with E-state index in [1.54, 1.807) is 6.08 Å². The summed E-state index contributed by atoms with van der Waals surface area (Å²) < 4.78 is 14.4. The number of phosphoric acid groups is 1. The first-order valence-corrected chi connectivity index (χ1v) is 9.76. The predicted octanol–water partition coefficient (Wildman–Crippen LogP) is 2.27. The summed E-state index contributed by atoms with van der Waals surface area (Å²) in [6.07, 6.45) is 6.94. The molecule has 9 heteroatoms. The van der Waals surface area contributed by atoms with Crippen LogP contribution in [0.2, 0.25) is 0 Å². The Morgan fingerprint density at radius 1 is 0.958 bits per heavy atom. The Balaban J connectivity index is 0. The van der Waals surface area contributed by atoms with Gasteiger partial charge in [0.05, 0.1) is 6.26 Å². The molecule has 3 atom stereocenters. The van der Waals surface area contributed by atoms with Gasteiger partial charge in [0.1, 0.15) is 18.7 Å². The zero-order valence-corrected chi connectivity index (χ0v) is 16.0. The van der Waals surface area contributed by atoms with Crippen LogP contribution < -0.4 is 0 Å². The van der Waals surface area contributed by atoms with Crippen molar-refractivity contribution in [3.05, 3.63) is 12.3 Å². The first-order chi connectivity index (χ1) is 11.0. The topological polar surface area (TPSA) is 131 Å². The summed E-state index contributed by atoms with van der Waals surface area (Å²) in [5.74, 6) is 0. The molecule has 24 heavy (non-hydrogen) atoms. The molecule has 0 fully saturated rings. The molecule has 0 heterocycles. The van der Waals surface area contributed by atoms with Gasteiger partial charge in [0.2, 0.25) is 0 Å². The van der Waals surface area contributed by atoms with Crippen molar-refractivity contribution in [1.29, 1.82) is 0 Å². The fourth-order valence-corrected chi connectivity index (χ4v) is 2.24. The molecule has 146 valence electrons. The molecule has 0 aromatic rings. The van der Waals surface area contributed by atoms with Crippen LogP contribution in [0.4, 0.5) is 0 Å². The maximum absolute atomic E-state index is 10.2. The lowest BCUT2D eigenvalue weighted by Crippen LogP contribution is -2.45. The fraction of sp³-hybridized carbons (Fsp3) is 0.867. The minimum absolute atomic E-state index is 0.809. The Morgan fingerprint density at radius 2 is 1.42 bits per heavy atom. The van der Waals surface area contributed by atoms with E-state index in [-0.39, 0.29) is 0 Å². The van der Waals surface area contributed by atoms with Crippen LogP contribution in [0.1, 0.15) is 66.2 Å². The molecule has 8 nitrogen and oxygen atoms in total. The molecule has 0 amide bonds. The zero-order chi connectivity index (χ0) is 19.2. The van der Waals surface area contributed by atoms with E-state index in [4.69, 9.17) is 25.1 Å². The summed E-state index contributed by atoms with van der Waals surface area (Å²) in [4.78, 5) is 17.8. The van der Waals surface area contributed by atoms with E-state index in [0.29, 0.717) is 0 Å². The maximum Gasteiger partial charge on any atom is 0.524 e. The molecule has 0 saturated heterocycles. The van der Waals surface area contributed by atoms with Crippen LogP contribution in [0.3, 0.4) is 0 Å². The van der Waals surface area contributed by atoms with Gasteiger partial charge in [-0.25, -0.2) is 9.46 Å². The number of aliphatic hydroxyl groups is 3. The number of aliphatic hydroxyl groups excluding tert-OH is 3. The molecule has 5 N–H and O–H groups in total. The number of allylic oxidation sites excluding steroid dienone is 1. The summed E-state index contributed by atoms with van der Waals surface area (Å²) in [7, 11) is -4.32. The summed E-state index contributed by atoms with van der Waals surface area (Å²) >= 11 is 0. The van der Waals surface area contributed by atoms with Crippen molar-refractivity contribution in [1.82, 2.24) is 4.90 Å². The molecule has 0 aromatic heterocycles. The molecular formula is C15H34NO7P. The van der Waals surface area contributed by atoms with Gasteiger partial charge in [0.25, 0.3) is 0 Å².